The van der Waals surface area contributed by atoms with E-state index in [0.717, 1.165) is 9.87 Å². The molecule has 0 heterocycles. The highest BCUT2D eigenvalue weighted by molar-refractivity contribution is 9.10. The van der Waals surface area contributed by atoms with Crippen molar-refractivity contribution in [2.75, 3.05) is 6.54 Å². The molecule has 0 aliphatic heterocycles. The third-order valence-corrected chi connectivity index (χ3v) is 5.46. The van der Waals surface area contributed by atoms with Gasteiger partial charge in [-0.15, -0.1) is 6.58 Å². The summed E-state index contributed by atoms with van der Waals surface area (Å²) in [5.74, 6) is -0.591. The van der Waals surface area contributed by atoms with Crippen LogP contribution in [0, 0.1) is 6.92 Å². The van der Waals surface area contributed by atoms with Gasteiger partial charge in [0.1, 0.15) is 0 Å². The predicted molar refractivity (Wildman–Crippen MR) is 93.7 cm³/mol. The summed E-state index contributed by atoms with van der Waals surface area (Å²) in [5, 5.41) is 0. The second kappa shape index (κ2) is 7.10. The second-order valence-electron chi connectivity index (χ2n) is 4.95. The first-order valence-corrected chi connectivity index (χ1v) is 9.10. The Morgan fingerprint density at radius 3 is 2.43 bits per heavy atom. The fourth-order valence-corrected chi connectivity index (χ4v) is 3.77. The predicted octanol–water partition coefficient (Wildman–Crippen LogP) is 3.77. The number of halogens is 1. The van der Waals surface area contributed by atoms with Crippen molar-refractivity contribution in [2.45, 2.75) is 11.8 Å². The minimum absolute atomic E-state index is 0.0771. The van der Waals surface area contributed by atoms with Crippen LogP contribution in [0.5, 0.6) is 0 Å². The molecule has 0 atom stereocenters. The monoisotopic (exact) mass is 393 g/mol. The number of rotatable bonds is 5. The lowest BCUT2D eigenvalue weighted by Gasteiger charge is -2.21. The number of benzene rings is 2. The molecule has 1 amide bonds. The van der Waals surface area contributed by atoms with Crippen molar-refractivity contribution in [3.63, 3.8) is 0 Å². The van der Waals surface area contributed by atoms with Crippen LogP contribution in [0.15, 0.2) is 70.6 Å². The summed E-state index contributed by atoms with van der Waals surface area (Å²) in [5.41, 5.74) is 1.23. The van der Waals surface area contributed by atoms with Crippen LogP contribution in [0.2, 0.25) is 0 Å². The summed E-state index contributed by atoms with van der Waals surface area (Å²) in [4.78, 5) is 12.7. The number of carbonyl (C=O) groups is 1. The Hall–Kier alpha value is -1.92. The van der Waals surface area contributed by atoms with E-state index >= 15 is 0 Å². The van der Waals surface area contributed by atoms with Gasteiger partial charge in [-0.05, 0) is 37.3 Å². The van der Waals surface area contributed by atoms with Gasteiger partial charge < -0.3 is 0 Å². The normalized spacial score (nSPS) is 11.0. The molecule has 0 saturated carbocycles. The third-order valence-electron chi connectivity index (χ3n) is 3.20. The highest BCUT2D eigenvalue weighted by Crippen LogP contribution is 2.20. The van der Waals surface area contributed by atoms with E-state index < -0.39 is 15.9 Å². The first-order valence-electron chi connectivity index (χ1n) is 6.86. The molecule has 0 radical (unpaired) electrons. The molecule has 0 spiro atoms. The van der Waals surface area contributed by atoms with Gasteiger partial charge in [-0.2, -0.15) is 0 Å². The summed E-state index contributed by atoms with van der Waals surface area (Å²) in [7, 11) is -3.94. The smallest absolute Gasteiger partial charge is 0.267 e. The van der Waals surface area contributed by atoms with Gasteiger partial charge in [-0.25, -0.2) is 12.7 Å². The van der Waals surface area contributed by atoms with Crippen LogP contribution in [0.4, 0.5) is 0 Å². The standard InChI is InChI=1S/C17H16BrNO3S/c1-3-11-19(17(20)14-5-4-6-15(18)12-14)23(21,22)16-9-7-13(2)8-10-16/h3-10,12H,1,11H2,2H3. The van der Waals surface area contributed by atoms with Gasteiger partial charge in [0.25, 0.3) is 15.9 Å². The largest absolute Gasteiger partial charge is 0.268 e. The average Bonchev–Trinajstić information content (AvgIpc) is 2.52. The lowest BCUT2D eigenvalue weighted by Crippen LogP contribution is -2.37. The zero-order valence-corrected chi connectivity index (χ0v) is 15.0. The van der Waals surface area contributed by atoms with E-state index in [9.17, 15) is 13.2 Å². The number of hydrogen-bond acceptors (Lipinski definition) is 3. The van der Waals surface area contributed by atoms with E-state index in [1.54, 1.807) is 36.4 Å². The van der Waals surface area contributed by atoms with Crippen LogP contribution in [-0.4, -0.2) is 25.2 Å². The molecule has 0 saturated heterocycles. The molecule has 120 valence electrons. The molecule has 2 rings (SSSR count). The zero-order valence-electron chi connectivity index (χ0n) is 12.6. The van der Waals surface area contributed by atoms with Crippen LogP contribution >= 0.6 is 15.9 Å². The summed E-state index contributed by atoms with van der Waals surface area (Å²) in [6.07, 6.45) is 1.39. The van der Waals surface area contributed by atoms with Gasteiger partial charge in [-0.1, -0.05) is 45.8 Å². The minimum atomic E-state index is -3.94. The summed E-state index contributed by atoms with van der Waals surface area (Å²) in [6, 6.07) is 13.0. The quantitative estimate of drug-likeness (QED) is 0.726. The molecule has 4 nitrogen and oxygen atoms in total. The van der Waals surface area contributed by atoms with Gasteiger partial charge in [0.2, 0.25) is 0 Å². The molecule has 0 fully saturated rings. The number of sulfonamides is 1. The fourth-order valence-electron chi connectivity index (χ4n) is 2.01. The molecule has 0 aliphatic rings. The van der Waals surface area contributed by atoms with Gasteiger partial charge in [0.05, 0.1) is 11.4 Å². The molecular formula is C17H16BrNO3S. The van der Waals surface area contributed by atoms with E-state index in [-0.39, 0.29) is 17.0 Å². The molecule has 0 N–H and O–H groups in total. The minimum Gasteiger partial charge on any atom is -0.268 e. The summed E-state index contributed by atoms with van der Waals surface area (Å²) >= 11 is 3.28. The summed E-state index contributed by atoms with van der Waals surface area (Å²) in [6.45, 7) is 5.32. The lowest BCUT2D eigenvalue weighted by molar-refractivity contribution is 0.0871. The average molecular weight is 394 g/mol. The van der Waals surface area contributed by atoms with Crippen molar-refractivity contribution in [3.05, 3.63) is 76.8 Å². The van der Waals surface area contributed by atoms with Crippen molar-refractivity contribution in [1.82, 2.24) is 4.31 Å². The van der Waals surface area contributed by atoms with Gasteiger partial charge in [-0.3, -0.25) is 4.79 Å². The SMILES string of the molecule is C=CCN(C(=O)c1cccc(Br)c1)S(=O)(=O)c1ccc(C)cc1. The van der Waals surface area contributed by atoms with Crippen molar-refractivity contribution in [1.29, 1.82) is 0 Å². The van der Waals surface area contributed by atoms with Gasteiger partial charge in [0, 0.05) is 10.0 Å². The highest BCUT2D eigenvalue weighted by atomic mass is 79.9. The maximum atomic E-state index is 12.8. The van der Waals surface area contributed by atoms with E-state index in [2.05, 4.69) is 22.5 Å². The number of amides is 1. The molecule has 6 heteroatoms. The highest BCUT2D eigenvalue weighted by Gasteiger charge is 2.29. The summed E-state index contributed by atoms with van der Waals surface area (Å²) < 4.78 is 27.1. The Morgan fingerprint density at radius 1 is 1.22 bits per heavy atom. The molecule has 2 aromatic rings. The Labute approximate surface area is 144 Å². The van der Waals surface area contributed by atoms with E-state index in [1.165, 1.54) is 18.2 Å². The Kier molecular flexibility index (Phi) is 5.38. The van der Waals surface area contributed by atoms with E-state index in [4.69, 9.17) is 0 Å². The number of nitrogens with zero attached hydrogens (tertiary/aromatic N) is 1. The van der Waals surface area contributed by atoms with Crippen molar-refractivity contribution in [2.24, 2.45) is 0 Å². The van der Waals surface area contributed by atoms with Crippen LogP contribution in [0.25, 0.3) is 0 Å². The van der Waals surface area contributed by atoms with Gasteiger partial charge >= 0.3 is 0 Å². The topological polar surface area (TPSA) is 54.5 Å². The first kappa shape index (κ1) is 17.4. The third kappa shape index (κ3) is 3.89. The van der Waals surface area contributed by atoms with Crippen LogP contribution in [0.1, 0.15) is 15.9 Å². The maximum Gasteiger partial charge on any atom is 0.267 e. The van der Waals surface area contributed by atoms with Gasteiger partial charge in [0.15, 0.2) is 0 Å². The second-order valence-corrected chi connectivity index (χ2v) is 7.73. The number of carbonyl (C=O) groups excluding carboxylic acids is 1. The first-order chi connectivity index (χ1) is 10.9. The van der Waals surface area contributed by atoms with Crippen LogP contribution < -0.4 is 0 Å². The number of hydrogen-bond donors (Lipinski definition) is 0. The lowest BCUT2D eigenvalue weighted by atomic mass is 10.2. The number of aryl methyl sites for hydroxylation is 1. The molecule has 0 aliphatic carbocycles. The van der Waals surface area contributed by atoms with E-state index in [1.807, 2.05) is 6.92 Å². The Bertz CT molecular complexity index is 829. The molecule has 2 aromatic carbocycles. The molecule has 0 bridgehead atoms. The molecule has 23 heavy (non-hydrogen) atoms. The molecule has 0 aromatic heterocycles. The van der Waals surface area contributed by atoms with Crippen LogP contribution in [-0.2, 0) is 10.0 Å². The maximum absolute atomic E-state index is 12.8. The molecule has 0 unspecified atom stereocenters. The van der Waals surface area contributed by atoms with Crippen LogP contribution in [0.3, 0.4) is 0 Å². The fraction of sp³-hybridized carbons (Fsp3) is 0.118. The Balaban J connectivity index is 2.46. The Morgan fingerprint density at radius 2 is 1.87 bits per heavy atom. The molecular weight excluding hydrogens is 378 g/mol. The zero-order chi connectivity index (χ0) is 17.0. The van der Waals surface area contributed by atoms with E-state index in [0.29, 0.717) is 4.47 Å². The van der Waals surface area contributed by atoms with Crippen molar-refractivity contribution >= 4 is 31.9 Å². The van der Waals surface area contributed by atoms with Crippen molar-refractivity contribution < 1.29 is 13.2 Å². The van der Waals surface area contributed by atoms with Crippen molar-refractivity contribution in [3.8, 4) is 0 Å².